The van der Waals surface area contributed by atoms with Crippen molar-refractivity contribution in [1.82, 2.24) is 4.40 Å². The number of hydrogen-bond donors (Lipinski definition) is 1. The second kappa shape index (κ2) is 7.19. The largest absolute Gasteiger partial charge is 0.478 e. The third kappa shape index (κ3) is 3.19. The maximum absolute atomic E-state index is 14.6. The van der Waals surface area contributed by atoms with Crippen molar-refractivity contribution in [3.05, 3.63) is 88.3 Å². The number of carboxylic acids is 1. The van der Waals surface area contributed by atoms with E-state index in [1.807, 2.05) is 12.1 Å². The number of rotatable bonds is 4. The van der Waals surface area contributed by atoms with E-state index >= 15 is 0 Å². The molecule has 28 heavy (non-hydrogen) atoms. The Kier molecular flexibility index (Phi) is 4.71. The molecule has 0 aliphatic carbocycles. The fourth-order valence-electron chi connectivity index (χ4n) is 2.97. The minimum Gasteiger partial charge on any atom is -0.478 e. The van der Waals surface area contributed by atoms with E-state index in [-0.39, 0.29) is 11.1 Å². The Hall–Kier alpha value is -3.02. The number of aromatic carboxylic acids is 1. The summed E-state index contributed by atoms with van der Waals surface area (Å²) in [7, 11) is 0. The zero-order chi connectivity index (χ0) is 19.8. The van der Waals surface area contributed by atoms with E-state index in [2.05, 4.69) is 0 Å². The summed E-state index contributed by atoms with van der Waals surface area (Å²) in [6, 6.07) is 15.9. The topological polar surface area (TPSA) is 50.9 Å². The predicted octanol–water partition coefficient (Wildman–Crippen LogP) is 6.54. The summed E-state index contributed by atoms with van der Waals surface area (Å²) in [6.45, 7) is 0. The number of halogens is 3. The summed E-state index contributed by atoms with van der Waals surface area (Å²) < 4.78 is 22.3. The molecule has 2 aromatic heterocycles. The van der Waals surface area contributed by atoms with Crippen molar-refractivity contribution in [2.24, 2.45) is 0 Å². The van der Waals surface area contributed by atoms with E-state index in [1.54, 1.807) is 40.9 Å². The van der Waals surface area contributed by atoms with Crippen molar-refractivity contribution in [2.75, 3.05) is 0 Å². The van der Waals surface area contributed by atoms with Gasteiger partial charge in [-0.3, -0.25) is 4.40 Å². The Morgan fingerprint density at radius 3 is 2.39 bits per heavy atom. The van der Waals surface area contributed by atoms with Crippen molar-refractivity contribution in [3.8, 4) is 22.8 Å². The van der Waals surface area contributed by atoms with Crippen molar-refractivity contribution in [3.63, 3.8) is 0 Å². The summed E-state index contributed by atoms with van der Waals surface area (Å²) in [5.41, 5.74) is 1.37. The molecule has 0 unspecified atom stereocenters. The van der Waals surface area contributed by atoms with Crippen LogP contribution in [-0.4, -0.2) is 15.5 Å². The molecule has 0 saturated carbocycles. The molecule has 0 aliphatic heterocycles. The van der Waals surface area contributed by atoms with E-state index in [9.17, 15) is 9.18 Å². The van der Waals surface area contributed by atoms with Gasteiger partial charge in [-0.15, -0.1) is 0 Å². The second-order valence-corrected chi connectivity index (χ2v) is 6.82. The molecular weight excluding hydrogens is 404 g/mol. The monoisotopic (exact) mass is 415 g/mol. The third-order valence-electron chi connectivity index (χ3n) is 4.27. The van der Waals surface area contributed by atoms with Crippen molar-refractivity contribution >= 4 is 34.7 Å². The third-order valence-corrected chi connectivity index (χ3v) is 4.87. The van der Waals surface area contributed by atoms with Crippen LogP contribution < -0.4 is 4.74 Å². The van der Waals surface area contributed by atoms with E-state index < -0.39 is 11.8 Å². The molecule has 0 atom stereocenters. The van der Waals surface area contributed by atoms with Gasteiger partial charge in [0.1, 0.15) is 5.82 Å². The van der Waals surface area contributed by atoms with Crippen LogP contribution in [0.3, 0.4) is 0 Å². The van der Waals surface area contributed by atoms with Crippen LogP contribution in [0, 0.1) is 5.82 Å². The number of aromatic nitrogens is 1. The fraction of sp³-hybridized carbons (Fsp3) is 0. The maximum Gasteiger partial charge on any atom is 0.335 e. The summed E-state index contributed by atoms with van der Waals surface area (Å²) in [6.07, 6.45) is 1.77. The Balaban J connectivity index is 1.87. The Bertz CT molecular complexity index is 1200. The molecule has 0 aliphatic rings. The van der Waals surface area contributed by atoms with Crippen LogP contribution in [0.5, 0.6) is 11.6 Å². The molecular formula is C21H12Cl2FNO3. The van der Waals surface area contributed by atoms with E-state index in [1.165, 1.54) is 12.1 Å². The van der Waals surface area contributed by atoms with Crippen LogP contribution in [0.4, 0.5) is 4.39 Å². The van der Waals surface area contributed by atoms with Gasteiger partial charge in [0, 0.05) is 23.4 Å². The molecule has 0 radical (unpaired) electrons. The zero-order valence-corrected chi connectivity index (χ0v) is 15.7. The lowest BCUT2D eigenvalue weighted by Crippen LogP contribution is -1.97. The first-order chi connectivity index (χ1) is 13.5. The first-order valence-electron chi connectivity index (χ1n) is 8.21. The fourth-order valence-corrected chi connectivity index (χ4v) is 3.44. The minimum absolute atomic E-state index is 0.121. The van der Waals surface area contributed by atoms with Gasteiger partial charge in [-0.2, -0.15) is 0 Å². The van der Waals surface area contributed by atoms with E-state index in [0.717, 1.165) is 6.07 Å². The first kappa shape index (κ1) is 18.3. The highest BCUT2D eigenvalue weighted by atomic mass is 35.5. The maximum atomic E-state index is 14.6. The molecule has 4 rings (SSSR count). The quantitative estimate of drug-likeness (QED) is 0.411. The summed E-state index contributed by atoms with van der Waals surface area (Å²) in [5.74, 6) is -1.15. The number of para-hydroxylation sites is 1. The normalized spacial score (nSPS) is 11.0. The lowest BCUT2D eigenvalue weighted by molar-refractivity contribution is 0.0696. The van der Waals surface area contributed by atoms with Crippen LogP contribution in [0.2, 0.25) is 10.0 Å². The van der Waals surface area contributed by atoms with Gasteiger partial charge in [0.25, 0.3) is 0 Å². The van der Waals surface area contributed by atoms with Gasteiger partial charge in [-0.25, -0.2) is 9.18 Å². The van der Waals surface area contributed by atoms with Crippen LogP contribution >= 0.6 is 23.2 Å². The van der Waals surface area contributed by atoms with E-state index in [0.29, 0.717) is 32.8 Å². The number of pyridine rings is 1. The number of nitrogens with zero attached hydrogens (tertiary/aromatic N) is 1. The Morgan fingerprint density at radius 2 is 1.71 bits per heavy atom. The van der Waals surface area contributed by atoms with Crippen LogP contribution in [0.1, 0.15) is 10.4 Å². The number of fused-ring (bicyclic) bond motifs is 1. The molecule has 4 nitrogen and oxygen atoms in total. The highest BCUT2D eigenvalue weighted by Crippen LogP contribution is 2.39. The number of benzene rings is 2. The molecule has 7 heteroatoms. The van der Waals surface area contributed by atoms with Gasteiger partial charge in [0.05, 0.1) is 21.1 Å². The second-order valence-electron chi connectivity index (χ2n) is 6.00. The molecule has 0 fully saturated rings. The number of ether oxygens (including phenoxy) is 1. The van der Waals surface area contributed by atoms with Gasteiger partial charge in [0.15, 0.2) is 5.75 Å². The van der Waals surface area contributed by atoms with Crippen LogP contribution in [0.15, 0.2) is 66.9 Å². The Morgan fingerprint density at radius 1 is 0.964 bits per heavy atom. The van der Waals surface area contributed by atoms with Gasteiger partial charge >= 0.3 is 5.97 Å². The lowest BCUT2D eigenvalue weighted by atomic mass is 10.0. The van der Waals surface area contributed by atoms with Gasteiger partial charge < -0.3 is 9.84 Å². The van der Waals surface area contributed by atoms with Crippen molar-refractivity contribution < 1.29 is 19.0 Å². The molecule has 0 bridgehead atoms. The van der Waals surface area contributed by atoms with Crippen molar-refractivity contribution in [2.45, 2.75) is 0 Å². The van der Waals surface area contributed by atoms with Gasteiger partial charge in [0.2, 0.25) is 5.88 Å². The molecule has 140 valence electrons. The standard InChI is InChI=1S/C21H12Cl2FNO3/c22-15-4-3-5-16(23)20(15)28-19-11-14(18-6-1-2-9-25(18)19)13-8-7-12(21(26)27)10-17(13)24/h1-11H,(H,26,27). The molecule has 0 amide bonds. The Labute approximate surface area is 169 Å². The highest BCUT2D eigenvalue weighted by Gasteiger charge is 2.18. The van der Waals surface area contributed by atoms with Gasteiger partial charge in [-0.1, -0.05) is 41.4 Å². The minimum atomic E-state index is -1.19. The molecule has 0 saturated heterocycles. The zero-order valence-electron chi connectivity index (χ0n) is 14.2. The van der Waals surface area contributed by atoms with Gasteiger partial charge in [-0.05, 0) is 36.4 Å². The molecule has 4 aromatic rings. The number of carboxylic acid groups (broad SMARTS) is 1. The summed E-state index contributed by atoms with van der Waals surface area (Å²) >= 11 is 12.4. The lowest BCUT2D eigenvalue weighted by Gasteiger charge is -2.09. The SMILES string of the molecule is O=C(O)c1ccc(-c2cc(Oc3c(Cl)cccc3Cl)n3ccccc23)c(F)c1. The average Bonchev–Trinajstić information content (AvgIpc) is 3.03. The smallest absolute Gasteiger partial charge is 0.335 e. The first-order valence-corrected chi connectivity index (χ1v) is 8.96. The molecule has 1 N–H and O–H groups in total. The van der Waals surface area contributed by atoms with E-state index in [4.69, 9.17) is 33.0 Å². The average molecular weight is 416 g/mol. The molecule has 2 aromatic carbocycles. The summed E-state index contributed by atoms with van der Waals surface area (Å²) in [5, 5.41) is 9.74. The number of carbonyl (C=O) groups is 1. The molecule has 0 spiro atoms. The number of hydrogen-bond acceptors (Lipinski definition) is 2. The van der Waals surface area contributed by atoms with Crippen LogP contribution in [0.25, 0.3) is 16.6 Å². The predicted molar refractivity (Wildman–Crippen MR) is 106 cm³/mol. The summed E-state index contributed by atoms with van der Waals surface area (Å²) in [4.78, 5) is 11.1. The highest BCUT2D eigenvalue weighted by molar-refractivity contribution is 6.37. The van der Waals surface area contributed by atoms with Crippen LogP contribution in [-0.2, 0) is 0 Å². The molecule has 2 heterocycles. The van der Waals surface area contributed by atoms with Crippen molar-refractivity contribution in [1.29, 1.82) is 0 Å².